The van der Waals surface area contributed by atoms with E-state index in [0.29, 0.717) is 0 Å². The Kier molecular flexibility index (Phi) is 5.59. The van der Waals surface area contributed by atoms with Gasteiger partial charge in [-0.15, -0.1) is 11.3 Å². The predicted octanol–water partition coefficient (Wildman–Crippen LogP) is 12.4. The standard InChI is InChI=1S/C40H24BrNS/c41-34-24-37-39(33-17-7-9-20-36(33)43-37)40-38(34)32-16-6-8-19-35(32)42(40)29-22-27(25-11-2-1-3-12-25)21-28(23-29)31-18-10-14-26-13-4-5-15-30(26)31/h1-24H. The molecule has 0 fully saturated rings. The molecule has 7 aromatic carbocycles. The van der Waals surface area contributed by atoms with Gasteiger partial charge >= 0.3 is 0 Å². The van der Waals surface area contributed by atoms with Crippen LogP contribution < -0.4 is 0 Å². The third-order valence-electron chi connectivity index (χ3n) is 8.61. The van der Waals surface area contributed by atoms with E-state index in [-0.39, 0.29) is 0 Å². The van der Waals surface area contributed by atoms with Crippen LogP contribution in [0, 0.1) is 0 Å². The van der Waals surface area contributed by atoms with Crippen LogP contribution in [0.15, 0.2) is 150 Å². The van der Waals surface area contributed by atoms with Gasteiger partial charge in [-0.05, 0) is 69.4 Å². The summed E-state index contributed by atoms with van der Waals surface area (Å²) >= 11 is 5.87. The first-order chi connectivity index (χ1) is 21.2. The molecular formula is C40H24BrNS. The monoisotopic (exact) mass is 629 g/mol. The molecule has 0 aliphatic carbocycles. The Morgan fingerprint density at radius 2 is 1.19 bits per heavy atom. The largest absolute Gasteiger partial charge is 0.308 e. The van der Waals surface area contributed by atoms with Crippen molar-refractivity contribution in [3.63, 3.8) is 0 Å². The van der Waals surface area contributed by atoms with Crippen LogP contribution in [0.25, 0.3) is 80.7 Å². The molecule has 0 radical (unpaired) electrons. The second kappa shape index (κ2) is 9.67. The van der Waals surface area contributed by atoms with Crippen LogP contribution in [-0.2, 0) is 0 Å². The van der Waals surface area contributed by atoms with Crippen LogP contribution in [0.3, 0.4) is 0 Å². The third-order valence-corrected chi connectivity index (χ3v) is 10.4. The molecule has 9 aromatic rings. The van der Waals surface area contributed by atoms with E-state index in [1.165, 1.54) is 75.0 Å². The van der Waals surface area contributed by atoms with Crippen LogP contribution >= 0.6 is 27.3 Å². The molecule has 0 unspecified atom stereocenters. The molecule has 43 heavy (non-hydrogen) atoms. The Morgan fingerprint density at radius 3 is 2.07 bits per heavy atom. The maximum absolute atomic E-state index is 4.01. The molecule has 202 valence electrons. The predicted molar refractivity (Wildman–Crippen MR) is 190 cm³/mol. The molecule has 0 spiro atoms. The zero-order chi connectivity index (χ0) is 28.5. The average molecular weight is 631 g/mol. The summed E-state index contributed by atoms with van der Waals surface area (Å²) in [6, 6.07) is 53.1. The zero-order valence-electron chi connectivity index (χ0n) is 23.1. The molecule has 9 rings (SSSR count). The van der Waals surface area contributed by atoms with E-state index in [2.05, 4.69) is 166 Å². The summed E-state index contributed by atoms with van der Waals surface area (Å²) in [5.41, 5.74) is 8.47. The molecule has 3 heteroatoms. The molecular weight excluding hydrogens is 606 g/mol. The summed E-state index contributed by atoms with van der Waals surface area (Å²) < 4.78 is 6.23. The van der Waals surface area contributed by atoms with E-state index >= 15 is 0 Å². The Morgan fingerprint density at radius 1 is 0.488 bits per heavy atom. The fourth-order valence-electron chi connectivity index (χ4n) is 6.75. The maximum atomic E-state index is 4.01. The highest BCUT2D eigenvalue weighted by Crippen LogP contribution is 2.46. The normalized spacial score (nSPS) is 11.8. The van der Waals surface area contributed by atoms with Gasteiger partial charge in [0, 0.05) is 41.1 Å². The van der Waals surface area contributed by atoms with Crippen LogP contribution in [0.2, 0.25) is 0 Å². The summed E-state index contributed by atoms with van der Waals surface area (Å²) in [6.45, 7) is 0. The summed E-state index contributed by atoms with van der Waals surface area (Å²) in [6.07, 6.45) is 0. The number of benzene rings is 7. The minimum Gasteiger partial charge on any atom is -0.308 e. The molecule has 2 heterocycles. The second-order valence-corrected chi connectivity index (χ2v) is 13.0. The van der Waals surface area contributed by atoms with Gasteiger partial charge in [-0.3, -0.25) is 0 Å². The topological polar surface area (TPSA) is 4.93 Å². The van der Waals surface area contributed by atoms with Crippen LogP contribution in [0.4, 0.5) is 0 Å². The molecule has 0 amide bonds. The van der Waals surface area contributed by atoms with E-state index in [1.807, 2.05) is 11.3 Å². The smallest absolute Gasteiger partial charge is 0.0645 e. The van der Waals surface area contributed by atoms with Crippen molar-refractivity contribution in [3.8, 4) is 27.9 Å². The van der Waals surface area contributed by atoms with Crippen LogP contribution in [0.5, 0.6) is 0 Å². The second-order valence-electron chi connectivity index (χ2n) is 11.1. The third kappa shape index (κ3) is 3.82. The molecule has 0 aliphatic heterocycles. The Labute approximate surface area is 261 Å². The summed E-state index contributed by atoms with van der Waals surface area (Å²) in [5.74, 6) is 0. The highest BCUT2D eigenvalue weighted by atomic mass is 79.9. The quantitative estimate of drug-likeness (QED) is 0.183. The van der Waals surface area contributed by atoms with Crippen LogP contribution in [-0.4, -0.2) is 4.57 Å². The van der Waals surface area contributed by atoms with Crippen molar-refractivity contribution in [1.82, 2.24) is 4.57 Å². The van der Waals surface area contributed by atoms with E-state index in [9.17, 15) is 0 Å². The van der Waals surface area contributed by atoms with Gasteiger partial charge in [0.05, 0.1) is 11.0 Å². The lowest BCUT2D eigenvalue weighted by molar-refractivity contribution is 1.19. The molecule has 0 atom stereocenters. The maximum Gasteiger partial charge on any atom is 0.0645 e. The first-order valence-electron chi connectivity index (χ1n) is 14.5. The van der Waals surface area contributed by atoms with E-state index < -0.39 is 0 Å². The Hall–Kier alpha value is -4.70. The van der Waals surface area contributed by atoms with Gasteiger partial charge in [-0.1, -0.05) is 125 Å². The number of fused-ring (bicyclic) bond motifs is 8. The van der Waals surface area contributed by atoms with Gasteiger partial charge in [0.2, 0.25) is 0 Å². The first-order valence-corrected chi connectivity index (χ1v) is 16.1. The van der Waals surface area contributed by atoms with Crippen molar-refractivity contribution in [2.24, 2.45) is 0 Å². The van der Waals surface area contributed by atoms with Crippen molar-refractivity contribution >= 4 is 80.0 Å². The van der Waals surface area contributed by atoms with Crippen molar-refractivity contribution in [2.45, 2.75) is 0 Å². The molecule has 0 saturated heterocycles. The molecule has 0 bridgehead atoms. The lowest BCUT2D eigenvalue weighted by Gasteiger charge is -2.16. The fraction of sp³-hybridized carbons (Fsp3) is 0. The minimum atomic E-state index is 1.13. The molecule has 0 saturated carbocycles. The fourth-order valence-corrected chi connectivity index (χ4v) is 8.69. The van der Waals surface area contributed by atoms with Gasteiger partial charge in [0.1, 0.15) is 0 Å². The lowest BCUT2D eigenvalue weighted by Crippen LogP contribution is -1.96. The van der Waals surface area contributed by atoms with Gasteiger partial charge in [0.25, 0.3) is 0 Å². The Bertz CT molecular complexity index is 2510. The van der Waals surface area contributed by atoms with E-state index in [1.54, 1.807) is 0 Å². The van der Waals surface area contributed by atoms with Crippen molar-refractivity contribution < 1.29 is 0 Å². The number of hydrogen-bond acceptors (Lipinski definition) is 1. The van der Waals surface area contributed by atoms with Crippen molar-refractivity contribution in [2.75, 3.05) is 0 Å². The molecule has 1 nitrogen and oxygen atoms in total. The molecule has 0 N–H and O–H groups in total. The van der Waals surface area contributed by atoms with Crippen molar-refractivity contribution in [3.05, 3.63) is 150 Å². The molecule has 0 aliphatic rings. The summed E-state index contributed by atoms with van der Waals surface area (Å²) in [4.78, 5) is 0. The number of thiophene rings is 1. The number of nitrogens with zero attached hydrogens (tertiary/aromatic N) is 1. The minimum absolute atomic E-state index is 1.13. The number of aromatic nitrogens is 1. The first kappa shape index (κ1) is 24.9. The van der Waals surface area contributed by atoms with E-state index in [4.69, 9.17) is 0 Å². The average Bonchev–Trinajstić information content (AvgIpc) is 3.60. The van der Waals surface area contributed by atoms with Crippen molar-refractivity contribution in [1.29, 1.82) is 0 Å². The number of halogens is 1. The van der Waals surface area contributed by atoms with Gasteiger partial charge < -0.3 is 4.57 Å². The SMILES string of the molecule is Brc1cc2sc3ccccc3c2c2c1c1ccccc1n2-c1cc(-c2ccccc2)cc(-c2cccc3ccccc23)c1. The number of para-hydroxylation sites is 1. The highest BCUT2D eigenvalue weighted by molar-refractivity contribution is 9.10. The van der Waals surface area contributed by atoms with Gasteiger partial charge in [-0.2, -0.15) is 0 Å². The lowest BCUT2D eigenvalue weighted by atomic mass is 9.94. The zero-order valence-corrected chi connectivity index (χ0v) is 25.5. The van der Waals surface area contributed by atoms with E-state index in [0.717, 1.165) is 10.2 Å². The summed E-state index contributed by atoms with van der Waals surface area (Å²) in [7, 11) is 0. The molecule has 2 aromatic heterocycles. The highest BCUT2D eigenvalue weighted by Gasteiger charge is 2.21. The number of hydrogen-bond donors (Lipinski definition) is 0. The van der Waals surface area contributed by atoms with Crippen LogP contribution in [0.1, 0.15) is 0 Å². The summed E-state index contributed by atoms with van der Waals surface area (Å²) in [5, 5.41) is 7.63. The van der Waals surface area contributed by atoms with Gasteiger partial charge in [0.15, 0.2) is 0 Å². The Balaban J connectivity index is 1.46. The van der Waals surface area contributed by atoms with Gasteiger partial charge in [-0.25, -0.2) is 0 Å². The number of rotatable bonds is 3.